The molecule has 0 aromatic carbocycles. The van der Waals surface area contributed by atoms with Gasteiger partial charge in [-0.2, -0.15) is 0 Å². The van der Waals surface area contributed by atoms with Gasteiger partial charge >= 0.3 is 0 Å². The monoisotopic (exact) mass is 252 g/mol. The van der Waals surface area contributed by atoms with Crippen LogP contribution in [-0.2, 0) is 4.79 Å². The summed E-state index contributed by atoms with van der Waals surface area (Å²) >= 11 is 0. The van der Waals surface area contributed by atoms with Gasteiger partial charge in [-0.1, -0.05) is 32.9 Å². The quantitative estimate of drug-likeness (QED) is 0.754. The number of hydrogen-bond donors (Lipinski definition) is 2. The van der Waals surface area contributed by atoms with Crippen LogP contribution in [0.2, 0.25) is 0 Å². The smallest absolute Gasteiger partial charge is 0.156 e. The predicted octanol–water partition coefficient (Wildman–Crippen LogP) is 2.24. The van der Waals surface area contributed by atoms with E-state index in [2.05, 4.69) is 0 Å². The second-order valence-electron chi connectivity index (χ2n) is 5.97. The van der Waals surface area contributed by atoms with Gasteiger partial charge in [-0.05, 0) is 30.9 Å². The summed E-state index contributed by atoms with van der Waals surface area (Å²) in [6, 6.07) is 0. The lowest BCUT2D eigenvalue weighted by Crippen LogP contribution is -2.48. The first kappa shape index (κ1) is 15.1. The fourth-order valence-electron chi connectivity index (χ4n) is 2.47. The van der Waals surface area contributed by atoms with E-state index in [-0.39, 0.29) is 18.3 Å². The van der Waals surface area contributed by atoms with Crippen molar-refractivity contribution in [2.75, 3.05) is 6.61 Å². The molecule has 0 heterocycles. The largest absolute Gasteiger partial charge is 0.396 e. The van der Waals surface area contributed by atoms with E-state index in [9.17, 15) is 9.90 Å². The Morgan fingerprint density at radius 2 is 2.11 bits per heavy atom. The fourth-order valence-corrected chi connectivity index (χ4v) is 2.47. The molecule has 2 unspecified atom stereocenters. The Kier molecular flexibility index (Phi) is 4.51. The van der Waals surface area contributed by atoms with Crippen LogP contribution in [0.1, 0.15) is 40.5 Å². The molecule has 0 radical (unpaired) electrons. The molecule has 102 valence electrons. The lowest BCUT2D eigenvalue weighted by Gasteiger charge is -2.44. The molecule has 2 atom stereocenters. The zero-order valence-electron chi connectivity index (χ0n) is 11.7. The zero-order chi connectivity index (χ0) is 14.0. The van der Waals surface area contributed by atoms with Crippen molar-refractivity contribution in [1.29, 1.82) is 0 Å². The number of allylic oxidation sites excluding steroid dienone is 2. The van der Waals surface area contributed by atoms with E-state index in [1.54, 1.807) is 13.0 Å². The lowest BCUT2D eigenvalue weighted by atomic mass is 9.64. The van der Waals surface area contributed by atoms with Crippen molar-refractivity contribution in [3.05, 3.63) is 23.8 Å². The highest BCUT2D eigenvalue weighted by Crippen LogP contribution is 2.44. The number of aliphatic hydroxyl groups excluding tert-OH is 1. The minimum absolute atomic E-state index is 0.0685. The van der Waals surface area contributed by atoms with Crippen molar-refractivity contribution in [2.45, 2.75) is 46.1 Å². The van der Waals surface area contributed by atoms with Gasteiger partial charge in [0.25, 0.3) is 0 Å². The number of aliphatic hydroxyl groups is 2. The van der Waals surface area contributed by atoms with Crippen LogP contribution in [0.3, 0.4) is 0 Å². The Labute approximate surface area is 109 Å². The first-order valence-corrected chi connectivity index (χ1v) is 6.47. The highest BCUT2D eigenvalue weighted by molar-refractivity contribution is 5.92. The minimum Gasteiger partial charge on any atom is -0.396 e. The lowest BCUT2D eigenvalue weighted by molar-refractivity contribution is -0.121. The standard InChI is InChI=1S/C15H24O3/c1-11(6-8-16)5-7-15(18)12(2)9-13(17)10-14(15,3)4/h5,7,9,11,16,18H,6,8,10H2,1-4H3. The number of carbonyl (C=O) groups excluding carboxylic acids is 1. The van der Waals surface area contributed by atoms with Gasteiger partial charge in [0.15, 0.2) is 5.78 Å². The van der Waals surface area contributed by atoms with Crippen molar-refractivity contribution < 1.29 is 15.0 Å². The Morgan fingerprint density at radius 1 is 1.50 bits per heavy atom. The van der Waals surface area contributed by atoms with E-state index >= 15 is 0 Å². The second-order valence-corrected chi connectivity index (χ2v) is 5.97. The first-order chi connectivity index (χ1) is 8.23. The first-order valence-electron chi connectivity index (χ1n) is 6.47. The summed E-state index contributed by atoms with van der Waals surface area (Å²) < 4.78 is 0. The molecular formula is C15H24O3. The fraction of sp³-hybridized carbons (Fsp3) is 0.667. The Morgan fingerprint density at radius 3 is 2.61 bits per heavy atom. The Hall–Kier alpha value is -0.930. The molecule has 0 aromatic rings. The average Bonchev–Trinajstić information content (AvgIpc) is 2.23. The SMILES string of the molecule is CC1=CC(=O)CC(C)(C)C1(O)C=CC(C)CCO. The van der Waals surface area contributed by atoms with Gasteiger partial charge < -0.3 is 10.2 Å². The minimum atomic E-state index is -1.08. The van der Waals surface area contributed by atoms with Crippen LogP contribution in [-0.4, -0.2) is 28.2 Å². The third kappa shape index (κ3) is 2.90. The number of carbonyl (C=O) groups is 1. The van der Waals surface area contributed by atoms with Crippen LogP contribution in [0, 0.1) is 11.3 Å². The van der Waals surface area contributed by atoms with Crippen LogP contribution in [0.5, 0.6) is 0 Å². The van der Waals surface area contributed by atoms with Gasteiger partial charge in [0.2, 0.25) is 0 Å². The van der Waals surface area contributed by atoms with Gasteiger partial charge in [-0.25, -0.2) is 0 Å². The summed E-state index contributed by atoms with van der Waals surface area (Å²) in [6.45, 7) is 7.74. The highest BCUT2D eigenvalue weighted by Gasteiger charge is 2.46. The molecule has 0 saturated heterocycles. The summed E-state index contributed by atoms with van der Waals surface area (Å²) in [7, 11) is 0. The molecule has 0 saturated carbocycles. The number of rotatable bonds is 4. The summed E-state index contributed by atoms with van der Waals surface area (Å²) in [6.07, 6.45) is 6.26. The average molecular weight is 252 g/mol. The van der Waals surface area contributed by atoms with Crippen molar-refractivity contribution in [2.24, 2.45) is 11.3 Å². The zero-order valence-corrected chi connectivity index (χ0v) is 11.7. The van der Waals surface area contributed by atoms with Gasteiger partial charge in [0, 0.05) is 18.4 Å². The van der Waals surface area contributed by atoms with Gasteiger partial charge in [0.05, 0.1) is 0 Å². The van der Waals surface area contributed by atoms with Gasteiger partial charge in [0.1, 0.15) is 5.60 Å². The van der Waals surface area contributed by atoms with E-state index in [1.807, 2.05) is 26.8 Å². The maximum atomic E-state index is 11.6. The maximum Gasteiger partial charge on any atom is 0.156 e. The molecule has 1 rings (SSSR count). The second kappa shape index (κ2) is 5.37. The molecule has 0 aromatic heterocycles. The molecule has 0 bridgehead atoms. The molecule has 0 amide bonds. The summed E-state index contributed by atoms with van der Waals surface area (Å²) in [5.74, 6) is 0.277. The van der Waals surface area contributed by atoms with E-state index < -0.39 is 11.0 Å². The molecule has 1 aliphatic rings. The molecular weight excluding hydrogens is 228 g/mol. The van der Waals surface area contributed by atoms with Crippen LogP contribution in [0.25, 0.3) is 0 Å². The van der Waals surface area contributed by atoms with E-state index in [1.165, 1.54) is 6.08 Å². The molecule has 18 heavy (non-hydrogen) atoms. The van der Waals surface area contributed by atoms with E-state index in [0.717, 1.165) is 0 Å². The van der Waals surface area contributed by atoms with Crippen LogP contribution >= 0.6 is 0 Å². The normalized spacial score (nSPS) is 29.4. The summed E-state index contributed by atoms with van der Waals surface area (Å²) in [5, 5.41) is 19.7. The maximum absolute atomic E-state index is 11.6. The highest BCUT2D eigenvalue weighted by atomic mass is 16.3. The summed E-state index contributed by atoms with van der Waals surface area (Å²) in [4.78, 5) is 11.6. The molecule has 3 heteroatoms. The molecule has 3 nitrogen and oxygen atoms in total. The van der Waals surface area contributed by atoms with E-state index in [0.29, 0.717) is 18.4 Å². The van der Waals surface area contributed by atoms with Crippen molar-refractivity contribution in [3.8, 4) is 0 Å². The molecule has 0 fully saturated rings. The Balaban J connectivity index is 3.02. The molecule has 0 spiro atoms. The third-order valence-electron chi connectivity index (χ3n) is 3.88. The molecule has 1 aliphatic carbocycles. The predicted molar refractivity (Wildman–Crippen MR) is 72.1 cm³/mol. The van der Waals surface area contributed by atoms with Crippen LogP contribution in [0.4, 0.5) is 0 Å². The number of ketones is 1. The van der Waals surface area contributed by atoms with E-state index in [4.69, 9.17) is 5.11 Å². The van der Waals surface area contributed by atoms with Crippen LogP contribution in [0.15, 0.2) is 23.8 Å². The topological polar surface area (TPSA) is 57.5 Å². The third-order valence-corrected chi connectivity index (χ3v) is 3.88. The Bertz CT molecular complexity index is 379. The van der Waals surface area contributed by atoms with Crippen LogP contribution < -0.4 is 0 Å². The summed E-state index contributed by atoms with van der Waals surface area (Å²) in [5.41, 5.74) is -0.889. The van der Waals surface area contributed by atoms with Crippen molar-refractivity contribution >= 4 is 5.78 Å². The van der Waals surface area contributed by atoms with Crippen molar-refractivity contribution in [1.82, 2.24) is 0 Å². The molecule has 2 N–H and O–H groups in total. The number of hydrogen-bond acceptors (Lipinski definition) is 3. The van der Waals surface area contributed by atoms with Gasteiger partial charge in [-0.3, -0.25) is 4.79 Å². The van der Waals surface area contributed by atoms with Crippen molar-refractivity contribution in [3.63, 3.8) is 0 Å². The molecule has 0 aliphatic heterocycles. The van der Waals surface area contributed by atoms with Gasteiger partial charge in [-0.15, -0.1) is 0 Å².